The second-order valence-corrected chi connectivity index (χ2v) is 5.78. The number of rotatable bonds is 3. The lowest BCUT2D eigenvalue weighted by molar-refractivity contribution is -0.137. The highest BCUT2D eigenvalue weighted by Crippen LogP contribution is 2.36. The van der Waals surface area contributed by atoms with Gasteiger partial charge in [-0.3, -0.25) is 19.8 Å². The van der Waals surface area contributed by atoms with Gasteiger partial charge in [-0.15, -0.1) is 0 Å². The predicted molar refractivity (Wildman–Crippen MR) is 91.1 cm³/mol. The number of carbonyl (C=O) groups excluding carboxylic acids is 1. The Balaban J connectivity index is 2.42. The van der Waals surface area contributed by atoms with Crippen LogP contribution in [-0.2, 0) is 17.5 Å². The molecule has 27 heavy (non-hydrogen) atoms. The van der Waals surface area contributed by atoms with Crippen LogP contribution in [0.5, 0.6) is 0 Å². The predicted octanol–water partition coefficient (Wildman–Crippen LogP) is 1.05. The topological polar surface area (TPSA) is 115 Å². The summed E-state index contributed by atoms with van der Waals surface area (Å²) in [5.41, 5.74) is 4.29. The summed E-state index contributed by atoms with van der Waals surface area (Å²) in [6.45, 7) is 1.23. The van der Waals surface area contributed by atoms with Gasteiger partial charge in [-0.1, -0.05) is 0 Å². The molecule has 3 rings (SSSR count). The van der Waals surface area contributed by atoms with Gasteiger partial charge in [-0.05, 0) is 23.8 Å². The molecule has 11 heteroatoms. The van der Waals surface area contributed by atoms with E-state index >= 15 is 0 Å². The van der Waals surface area contributed by atoms with E-state index < -0.39 is 28.8 Å². The number of aromatic amines is 1. The molecule has 0 atom stereocenters. The second kappa shape index (κ2) is 6.43. The van der Waals surface area contributed by atoms with Crippen molar-refractivity contribution in [2.24, 2.45) is 5.73 Å². The van der Waals surface area contributed by atoms with Crippen LogP contribution in [0.15, 0.2) is 40.2 Å². The summed E-state index contributed by atoms with van der Waals surface area (Å²) >= 11 is 0. The van der Waals surface area contributed by atoms with E-state index in [1.54, 1.807) is 6.07 Å². The lowest BCUT2D eigenvalue weighted by Crippen LogP contribution is -2.42. The molecular formula is C16H14F3N5O3. The van der Waals surface area contributed by atoms with Crippen molar-refractivity contribution in [1.29, 1.82) is 0 Å². The zero-order valence-electron chi connectivity index (χ0n) is 13.9. The molecule has 1 aromatic carbocycles. The maximum Gasteiger partial charge on any atom is 0.418 e. The molecule has 4 N–H and O–H groups in total. The number of carbonyl (C=O) groups is 1. The summed E-state index contributed by atoms with van der Waals surface area (Å²) in [5, 5.41) is 0. The Hall–Kier alpha value is -3.34. The van der Waals surface area contributed by atoms with Crippen molar-refractivity contribution in [2.45, 2.75) is 19.6 Å². The average Bonchev–Trinajstić information content (AvgIpc) is 3.06. The lowest BCUT2D eigenvalue weighted by atomic mass is 10.1. The molecule has 8 nitrogen and oxygen atoms in total. The first-order chi connectivity index (χ1) is 12.6. The number of nitrogens with one attached hydrogen (secondary N) is 2. The molecule has 2 heterocycles. The summed E-state index contributed by atoms with van der Waals surface area (Å²) in [5.74, 6) is -0.670. The van der Waals surface area contributed by atoms with Crippen molar-refractivity contribution in [3.8, 4) is 5.69 Å². The van der Waals surface area contributed by atoms with Crippen LogP contribution in [0, 0.1) is 0 Å². The molecule has 1 amide bonds. The fraction of sp³-hybridized carbons (Fsp3) is 0.188. The first-order valence-corrected chi connectivity index (χ1v) is 7.67. The fourth-order valence-electron chi connectivity index (χ4n) is 2.67. The Morgan fingerprint density at radius 2 is 2.00 bits per heavy atom. The zero-order chi connectivity index (χ0) is 19.9. The fourth-order valence-corrected chi connectivity index (χ4v) is 2.67. The van der Waals surface area contributed by atoms with E-state index in [-0.39, 0.29) is 23.3 Å². The zero-order valence-corrected chi connectivity index (χ0v) is 13.9. The minimum absolute atomic E-state index is 0.0965. The Morgan fingerprint density at radius 1 is 1.30 bits per heavy atom. The summed E-state index contributed by atoms with van der Waals surface area (Å²) in [6, 6.07) is 3.33. The quantitative estimate of drug-likeness (QED) is 0.588. The number of alkyl halides is 3. The smallest absolute Gasteiger partial charge is 0.326 e. The van der Waals surface area contributed by atoms with Crippen LogP contribution in [0.2, 0.25) is 0 Å². The number of amides is 1. The minimum atomic E-state index is -4.73. The Bertz CT molecular complexity index is 1160. The first-order valence-electron chi connectivity index (χ1n) is 7.67. The van der Waals surface area contributed by atoms with Crippen LogP contribution in [0.3, 0.4) is 0 Å². The number of hydrogen-bond donors (Lipinski definition) is 3. The van der Waals surface area contributed by atoms with Crippen LogP contribution >= 0.6 is 0 Å². The standard InChI is InChI=1S/C16H14F3N5O3/c1-8(25)22-24-13-5-12(23-3-2-9(6-20)7-23)10(16(17,18)19)4-11(13)21-14(26)15(24)27/h2-5,7H,6,20H2,1H3,(H,21,26)(H,22,25). The van der Waals surface area contributed by atoms with E-state index in [1.807, 2.05) is 0 Å². The van der Waals surface area contributed by atoms with Gasteiger partial charge in [0, 0.05) is 25.9 Å². The van der Waals surface area contributed by atoms with Crippen molar-refractivity contribution < 1.29 is 18.0 Å². The number of halogens is 3. The molecule has 0 radical (unpaired) electrons. The van der Waals surface area contributed by atoms with Gasteiger partial charge in [-0.25, -0.2) is 4.68 Å². The van der Waals surface area contributed by atoms with Gasteiger partial charge in [0.15, 0.2) is 0 Å². The molecule has 142 valence electrons. The van der Waals surface area contributed by atoms with E-state index in [0.717, 1.165) is 13.0 Å². The number of hydrogen-bond acceptors (Lipinski definition) is 4. The molecule has 2 aromatic heterocycles. The third kappa shape index (κ3) is 3.36. The van der Waals surface area contributed by atoms with E-state index in [1.165, 1.54) is 17.0 Å². The minimum Gasteiger partial charge on any atom is -0.326 e. The van der Waals surface area contributed by atoms with E-state index in [2.05, 4.69) is 10.4 Å². The normalized spacial score (nSPS) is 11.7. The number of nitrogens with zero attached hydrogens (tertiary/aromatic N) is 2. The molecule has 0 bridgehead atoms. The summed E-state index contributed by atoms with van der Waals surface area (Å²) in [4.78, 5) is 37.3. The highest BCUT2D eigenvalue weighted by molar-refractivity contribution is 5.85. The SMILES string of the molecule is CC(=O)Nn1c(=O)c(=O)[nH]c2cc(C(F)(F)F)c(-n3ccc(CN)c3)cc21. The number of fused-ring (bicyclic) bond motifs is 1. The van der Waals surface area contributed by atoms with Crippen molar-refractivity contribution >= 4 is 16.9 Å². The molecular weight excluding hydrogens is 367 g/mol. The van der Waals surface area contributed by atoms with Crippen LogP contribution in [-0.4, -0.2) is 20.1 Å². The van der Waals surface area contributed by atoms with Gasteiger partial charge in [0.05, 0.1) is 22.3 Å². The molecule has 0 saturated carbocycles. The number of aromatic nitrogens is 3. The molecule has 0 spiro atoms. The van der Waals surface area contributed by atoms with E-state index in [4.69, 9.17) is 5.73 Å². The van der Waals surface area contributed by atoms with Crippen molar-refractivity contribution in [3.63, 3.8) is 0 Å². The Labute approximate surface area is 149 Å². The molecule has 0 aliphatic carbocycles. The largest absolute Gasteiger partial charge is 0.418 e. The van der Waals surface area contributed by atoms with Gasteiger partial charge in [0.1, 0.15) is 0 Å². The van der Waals surface area contributed by atoms with E-state index in [0.29, 0.717) is 16.3 Å². The van der Waals surface area contributed by atoms with Crippen molar-refractivity contribution in [2.75, 3.05) is 5.43 Å². The first kappa shape index (κ1) is 18.5. The third-order valence-electron chi connectivity index (χ3n) is 3.84. The van der Waals surface area contributed by atoms with Crippen LogP contribution < -0.4 is 22.3 Å². The van der Waals surface area contributed by atoms with Gasteiger partial charge in [-0.2, -0.15) is 13.2 Å². The summed E-state index contributed by atoms with van der Waals surface area (Å²) in [7, 11) is 0. The van der Waals surface area contributed by atoms with Crippen molar-refractivity contribution in [3.05, 3.63) is 62.4 Å². The van der Waals surface area contributed by atoms with Gasteiger partial charge in [0.25, 0.3) is 0 Å². The lowest BCUT2D eigenvalue weighted by Gasteiger charge is -2.17. The van der Waals surface area contributed by atoms with Crippen LogP contribution in [0.25, 0.3) is 16.7 Å². The third-order valence-corrected chi connectivity index (χ3v) is 3.84. The monoisotopic (exact) mass is 381 g/mol. The van der Waals surface area contributed by atoms with Gasteiger partial charge >= 0.3 is 17.3 Å². The second-order valence-electron chi connectivity index (χ2n) is 5.78. The number of benzene rings is 1. The molecule has 0 unspecified atom stereocenters. The summed E-state index contributed by atoms with van der Waals surface area (Å²) in [6.07, 6.45) is -1.92. The van der Waals surface area contributed by atoms with Crippen LogP contribution in [0.1, 0.15) is 18.1 Å². The van der Waals surface area contributed by atoms with Crippen molar-refractivity contribution in [1.82, 2.24) is 14.2 Å². The summed E-state index contributed by atoms with van der Waals surface area (Å²) < 4.78 is 42.5. The number of H-pyrrole nitrogens is 1. The van der Waals surface area contributed by atoms with E-state index in [9.17, 15) is 27.6 Å². The highest BCUT2D eigenvalue weighted by Gasteiger charge is 2.35. The highest BCUT2D eigenvalue weighted by atomic mass is 19.4. The maximum absolute atomic E-state index is 13.6. The Morgan fingerprint density at radius 3 is 2.56 bits per heavy atom. The molecule has 0 fully saturated rings. The van der Waals surface area contributed by atoms with Crippen LogP contribution in [0.4, 0.5) is 13.2 Å². The maximum atomic E-state index is 13.6. The molecule has 3 aromatic rings. The van der Waals surface area contributed by atoms with Gasteiger partial charge < -0.3 is 15.3 Å². The molecule has 0 aliphatic rings. The Kier molecular flexibility index (Phi) is 4.39. The molecule has 0 aliphatic heterocycles. The average molecular weight is 381 g/mol. The van der Waals surface area contributed by atoms with Gasteiger partial charge in [0.2, 0.25) is 5.91 Å². The molecule has 0 saturated heterocycles. The number of nitrogens with two attached hydrogens (primary N) is 1.